The first kappa shape index (κ1) is 19.5. The SMILES string of the molecule is Cl.NC(=O)c1ccc(NC(=O)[C@H]2CCCCN2)cc1N1CCCCC1. The van der Waals surface area contributed by atoms with Gasteiger partial charge in [-0.3, -0.25) is 9.59 Å². The molecule has 2 aliphatic heterocycles. The van der Waals surface area contributed by atoms with Crippen molar-refractivity contribution in [2.24, 2.45) is 5.73 Å². The zero-order valence-corrected chi connectivity index (χ0v) is 15.2. The van der Waals surface area contributed by atoms with E-state index in [0.29, 0.717) is 5.56 Å². The van der Waals surface area contributed by atoms with Gasteiger partial charge in [0.1, 0.15) is 0 Å². The molecule has 1 aromatic carbocycles. The molecule has 0 aromatic heterocycles. The quantitative estimate of drug-likeness (QED) is 0.762. The van der Waals surface area contributed by atoms with Gasteiger partial charge in [-0.15, -0.1) is 12.4 Å². The highest BCUT2D eigenvalue weighted by Gasteiger charge is 2.22. The molecule has 2 fully saturated rings. The van der Waals surface area contributed by atoms with E-state index in [1.807, 2.05) is 6.07 Å². The third kappa shape index (κ3) is 4.86. The number of piperidine rings is 2. The summed E-state index contributed by atoms with van der Waals surface area (Å²) in [7, 11) is 0. The second-order valence-corrected chi connectivity index (χ2v) is 6.64. The van der Waals surface area contributed by atoms with Gasteiger partial charge in [0.05, 0.1) is 17.3 Å². The van der Waals surface area contributed by atoms with Crippen molar-refractivity contribution in [2.45, 2.75) is 44.6 Å². The van der Waals surface area contributed by atoms with Crippen LogP contribution in [0.3, 0.4) is 0 Å². The Kier molecular flexibility index (Phi) is 7.08. The average molecular weight is 367 g/mol. The fourth-order valence-electron chi connectivity index (χ4n) is 3.52. The minimum absolute atomic E-state index is 0. The van der Waals surface area contributed by atoms with Crippen LogP contribution in [0.15, 0.2) is 18.2 Å². The van der Waals surface area contributed by atoms with Crippen LogP contribution in [0.1, 0.15) is 48.9 Å². The highest BCUT2D eigenvalue weighted by molar-refractivity contribution is 6.01. The molecule has 1 aromatic rings. The molecule has 2 aliphatic rings. The maximum absolute atomic E-state index is 12.4. The van der Waals surface area contributed by atoms with Crippen molar-refractivity contribution in [3.05, 3.63) is 23.8 Å². The van der Waals surface area contributed by atoms with E-state index in [0.717, 1.165) is 63.1 Å². The number of primary amides is 1. The lowest BCUT2D eigenvalue weighted by Gasteiger charge is -2.30. The van der Waals surface area contributed by atoms with Crippen LogP contribution in [-0.4, -0.2) is 37.5 Å². The summed E-state index contributed by atoms with van der Waals surface area (Å²) in [6, 6.07) is 5.23. The van der Waals surface area contributed by atoms with E-state index >= 15 is 0 Å². The number of carbonyl (C=O) groups is 2. The smallest absolute Gasteiger partial charge is 0.250 e. The van der Waals surface area contributed by atoms with Gasteiger partial charge in [-0.05, 0) is 56.8 Å². The van der Waals surface area contributed by atoms with Crippen LogP contribution >= 0.6 is 12.4 Å². The standard InChI is InChI=1S/C18H26N4O2.ClH/c19-17(23)14-8-7-13(12-16(14)22-10-4-1-5-11-22)21-18(24)15-6-2-3-9-20-15;/h7-8,12,15,20H,1-6,9-11H2,(H2,19,23)(H,21,24);1H/t15-;/m1./s1. The second kappa shape index (κ2) is 9.06. The highest BCUT2D eigenvalue weighted by atomic mass is 35.5. The molecular formula is C18H27ClN4O2. The fraction of sp³-hybridized carbons (Fsp3) is 0.556. The van der Waals surface area contributed by atoms with Gasteiger partial charge < -0.3 is 21.3 Å². The molecule has 0 bridgehead atoms. The first-order chi connectivity index (χ1) is 11.6. The molecule has 138 valence electrons. The number of benzene rings is 1. The number of hydrogen-bond donors (Lipinski definition) is 3. The number of rotatable bonds is 4. The number of carbonyl (C=O) groups excluding carboxylic acids is 2. The molecule has 0 radical (unpaired) electrons. The van der Waals surface area contributed by atoms with Crippen LogP contribution < -0.4 is 21.3 Å². The molecule has 2 saturated heterocycles. The number of hydrogen-bond acceptors (Lipinski definition) is 4. The Morgan fingerprint density at radius 1 is 1.12 bits per heavy atom. The van der Waals surface area contributed by atoms with E-state index in [2.05, 4.69) is 15.5 Å². The molecule has 3 rings (SSSR count). The van der Waals surface area contributed by atoms with Gasteiger partial charge in [0, 0.05) is 18.8 Å². The Morgan fingerprint density at radius 3 is 2.52 bits per heavy atom. The van der Waals surface area contributed by atoms with Crippen LogP contribution in [0.25, 0.3) is 0 Å². The topological polar surface area (TPSA) is 87.5 Å². The monoisotopic (exact) mass is 366 g/mol. The van der Waals surface area contributed by atoms with Gasteiger partial charge >= 0.3 is 0 Å². The summed E-state index contributed by atoms with van der Waals surface area (Å²) in [4.78, 5) is 26.3. The third-order valence-corrected chi connectivity index (χ3v) is 4.85. The van der Waals surface area contributed by atoms with Crippen LogP contribution in [0.2, 0.25) is 0 Å². The van der Waals surface area contributed by atoms with Gasteiger partial charge in [0.2, 0.25) is 5.91 Å². The summed E-state index contributed by atoms with van der Waals surface area (Å²) >= 11 is 0. The minimum atomic E-state index is -0.428. The van der Waals surface area contributed by atoms with E-state index in [1.165, 1.54) is 6.42 Å². The molecule has 6 nitrogen and oxygen atoms in total. The Balaban J connectivity index is 0.00000225. The molecule has 25 heavy (non-hydrogen) atoms. The summed E-state index contributed by atoms with van der Waals surface area (Å²) in [5, 5.41) is 6.23. The molecule has 0 spiro atoms. The largest absolute Gasteiger partial charge is 0.371 e. The van der Waals surface area contributed by atoms with Crippen LogP contribution in [-0.2, 0) is 4.79 Å². The number of amides is 2. The summed E-state index contributed by atoms with van der Waals surface area (Å²) in [6.07, 6.45) is 6.50. The zero-order chi connectivity index (χ0) is 16.9. The van der Waals surface area contributed by atoms with Crippen LogP contribution in [0, 0.1) is 0 Å². The molecule has 7 heteroatoms. The van der Waals surface area contributed by atoms with Gasteiger partial charge in [-0.1, -0.05) is 6.42 Å². The average Bonchev–Trinajstić information content (AvgIpc) is 2.63. The van der Waals surface area contributed by atoms with E-state index in [-0.39, 0.29) is 24.4 Å². The minimum Gasteiger partial charge on any atom is -0.371 e. The van der Waals surface area contributed by atoms with Gasteiger partial charge in [-0.25, -0.2) is 0 Å². The van der Waals surface area contributed by atoms with Crippen molar-refractivity contribution in [3.8, 4) is 0 Å². The number of halogens is 1. The molecule has 4 N–H and O–H groups in total. The zero-order valence-electron chi connectivity index (χ0n) is 14.4. The van der Waals surface area contributed by atoms with E-state index < -0.39 is 5.91 Å². The maximum atomic E-state index is 12.4. The van der Waals surface area contributed by atoms with E-state index in [9.17, 15) is 9.59 Å². The van der Waals surface area contributed by atoms with E-state index in [4.69, 9.17) is 5.73 Å². The predicted octanol–water partition coefficient (Wildman–Crippen LogP) is 2.28. The molecule has 2 heterocycles. The van der Waals surface area contributed by atoms with Crippen molar-refractivity contribution in [2.75, 3.05) is 29.9 Å². The van der Waals surface area contributed by atoms with Gasteiger partial charge in [0.25, 0.3) is 5.91 Å². The molecule has 0 saturated carbocycles. The lowest BCUT2D eigenvalue weighted by atomic mass is 10.0. The van der Waals surface area contributed by atoms with Crippen LogP contribution in [0.5, 0.6) is 0 Å². The Bertz CT molecular complexity index is 611. The van der Waals surface area contributed by atoms with Crippen molar-refractivity contribution >= 4 is 35.6 Å². The first-order valence-corrected chi connectivity index (χ1v) is 8.88. The summed E-state index contributed by atoms with van der Waals surface area (Å²) < 4.78 is 0. The molecular weight excluding hydrogens is 340 g/mol. The third-order valence-electron chi connectivity index (χ3n) is 4.85. The fourth-order valence-corrected chi connectivity index (χ4v) is 3.52. The molecule has 1 atom stereocenters. The summed E-state index contributed by atoms with van der Waals surface area (Å²) in [5.74, 6) is -0.437. The number of nitrogens with zero attached hydrogens (tertiary/aromatic N) is 1. The van der Waals surface area contributed by atoms with Crippen molar-refractivity contribution in [3.63, 3.8) is 0 Å². The lowest BCUT2D eigenvalue weighted by molar-refractivity contribution is -0.118. The highest BCUT2D eigenvalue weighted by Crippen LogP contribution is 2.27. The van der Waals surface area contributed by atoms with Crippen molar-refractivity contribution < 1.29 is 9.59 Å². The summed E-state index contributed by atoms with van der Waals surface area (Å²) in [6.45, 7) is 2.72. The van der Waals surface area contributed by atoms with Gasteiger partial charge in [-0.2, -0.15) is 0 Å². The number of anilines is 2. The van der Waals surface area contributed by atoms with Crippen LogP contribution in [0.4, 0.5) is 11.4 Å². The number of nitrogens with one attached hydrogen (secondary N) is 2. The Hall–Kier alpha value is -1.79. The van der Waals surface area contributed by atoms with Gasteiger partial charge in [0.15, 0.2) is 0 Å². The van der Waals surface area contributed by atoms with Crippen molar-refractivity contribution in [1.29, 1.82) is 0 Å². The summed E-state index contributed by atoms with van der Waals surface area (Å²) in [5.41, 5.74) is 7.60. The lowest BCUT2D eigenvalue weighted by Crippen LogP contribution is -2.43. The molecule has 0 aliphatic carbocycles. The second-order valence-electron chi connectivity index (χ2n) is 6.64. The Labute approximate surface area is 154 Å². The normalized spacial score (nSPS) is 20.5. The first-order valence-electron chi connectivity index (χ1n) is 8.88. The molecule has 0 unspecified atom stereocenters. The maximum Gasteiger partial charge on any atom is 0.250 e. The van der Waals surface area contributed by atoms with E-state index in [1.54, 1.807) is 12.1 Å². The molecule has 2 amide bonds. The van der Waals surface area contributed by atoms with Crippen molar-refractivity contribution in [1.82, 2.24) is 5.32 Å². The predicted molar refractivity (Wildman–Crippen MR) is 103 cm³/mol. The number of nitrogens with two attached hydrogens (primary N) is 1. The Morgan fingerprint density at radius 2 is 1.88 bits per heavy atom.